The highest BCUT2D eigenvalue weighted by Crippen LogP contribution is 2.32. The predicted molar refractivity (Wildman–Crippen MR) is 92.5 cm³/mol. The maximum absolute atomic E-state index is 12.5. The fourth-order valence-electron chi connectivity index (χ4n) is 2.32. The summed E-state index contributed by atoms with van der Waals surface area (Å²) in [6, 6.07) is 10.4. The minimum atomic E-state index is -3.88. The van der Waals surface area contributed by atoms with Crippen molar-refractivity contribution < 1.29 is 32.2 Å². The van der Waals surface area contributed by atoms with Crippen molar-refractivity contribution in [3.8, 4) is 11.5 Å². The molecular formula is C17H16N2O7S. The third kappa shape index (κ3) is 4.54. The molecule has 1 aliphatic heterocycles. The monoisotopic (exact) mass is 392 g/mol. The number of benzene rings is 2. The number of nitrogens with one attached hydrogen (secondary N) is 1. The Morgan fingerprint density at radius 3 is 2.67 bits per heavy atom. The SMILES string of the molecule is NC(=O)COC(=O)c1cccc(S(=O)(=O)NCc2ccc3c(c2)OCO3)c1. The second-order valence-corrected chi connectivity index (χ2v) is 7.35. The molecule has 3 rings (SSSR count). The third-order valence-corrected chi connectivity index (χ3v) is 5.03. The van der Waals surface area contributed by atoms with E-state index in [1.54, 1.807) is 18.2 Å². The van der Waals surface area contributed by atoms with E-state index in [0.717, 1.165) is 6.07 Å². The van der Waals surface area contributed by atoms with Crippen LogP contribution in [0.2, 0.25) is 0 Å². The van der Waals surface area contributed by atoms with Crippen molar-refractivity contribution in [2.75, 3.05) is 13.4 Å². The van der Waals surface area contributed by atoms with Gasteiger partial charge in [-0.15, -0.1) is 0 Å². The van der Waals surface area contributed by atoms with Gasteiger partial charge in [-0.1, -0.05) is 12.1 Å². The van der Waals surface area contributed by atoms with E-state index in [4.69, 9.17) is 15.2 Å². The molecule has 0 fully saturated rings. The second-order valence-electron chi connectivity index (χ2n) is 5.58. The fourth-order valence-corrected chi connectivity index (χ4v) is 3.39. The Labute approximate surface area is 155 Å². The molecule has 0 radical (unpaired) electrons. The van der Waals surface area contributed by atoms with E-state index in [2.05, 4.69) is 9.46 Å². The van der Waals surface area contributed by atoms with E-state index in [1.165, 1.54) is 18.2 Å². The van der Waals surface area contributed by atoms with E-state index in [0.29, 0.717) is 17.1 Å². The fraction of sp³-hybridized carbons (Fsp3) is 0.176. The zero-order valence-corrected chi connectivity index (χ0v) is 14.8. The number of amides is 1. The maximum atomic E-state index is 12.5. The van der Waals surface area contributed by atoms with Gasteiger partial charge in [-0.25, -0.2) is 17.9 Å². The molecule has 2 aromatic carbocycles. The number of hydrogen-bond acceptors (Lipinski definition) is 7. The van der Waals surface area contributed by atoms with Gasteiger partial charge >= 0.3 is 5.97 Å². The minimum absolute atomic E-state index is 0.0118. The number of carbonyl (C=O) groups is 2. The first-order valence-corrected chi connectivity index (χ1v) is 9.27. The first kappa shape index (κ1) is 18.7. The zero-order chi connectivity index (χ0) is 19.4. The number of primary amides is 1. The van der Waals surface area contributed by atoms with Crippen molar-refractivity contribution in [1.82, 2.24) is 4.72 Å². The lowest BCUT2D eigenvalue weighted by Gasteiger charge is -2.09. The van der Waals surface area contributed by atoms with Gasteiger partial charge < -0.3 is 19.9 Å². The van der Waals surface area contributed by atoms with Gasteiger partial charge in [0, 0.05) is 6.54 Å². The van der Waals surface area contributed by atoms with E-state index < -0.39 is 28.5 Å². The Balaban J connectivity index is 1.70. The van der Waals surface area contributed by atoms with Crippen molar-refractivity contribution in [1.29, 1.82) is 0 Å². The normalized spacial score (nSPS) is 12.6. The molecule has 9 nitrogen and oxygen atoms in total. The van der Waals surface area contributed by atoms with Crippen LogP contribution in [0.3, 0.4) is 0 Å². The van der Waals surface area contributed by atoms with Crippen LogP contribution in [-0.2, 0) is 26.1 Å². The predicted octanol–water partition coefficient (Wildman–Crippen LogP) is 0.536. The van der Waals surface area contributed by atoms with Gasteiger partial charge in [0.1, 0.15) is 0 Å². The quantitative estimate of drug-likeness (QED) is 0.657. The van der Waals surface area contributed by atoms with Crippen LogP contribution >= 0.6 is 0 Å². The first-order valence-electron chi connectivity index (χ1n) is 7.79. The molecule has 0 aliphatic carbocycles. The third-order valence-electron chi connectivity index (χ3n) is 3.63. The molecule has 27 heavy (non-hydrogen) atoms. The molecule has 142 valence electrons. The number of hydrogen-bond donors (Lipinski definition) is 2. The Hall–Kier alpha value is -3.11. The molecule has 1 heterocycles. The number of fused-ring (bicyclic) bond motifs is 1. The number of rotatable bonds is 7. The molecule has 1 aliphatic rings. The van der Waals surface area contributed by atoms with E-state index in [9.17, 15) is 18.0 Å². The van der Waals surface area contributed by atoms with Crippen LogP contribution < -0.4 is 19.9 Å². The summed E-state index contributed by atoms with van der Waals surface area (Å²) in [6.07, 6.45) is 0. The number of sulfonamides is 1. The van der Waals surface area contributed by atoms with Crippen LogP contribution in [0, 0.1) is 0 Å². The molecule has 0 saturated carbocycles. The summed E-state index contributed by atoms with van der Waals surface area (Å²) in [5.41, 5.74) is 5.58. The van der Waals surface area contributed by atoms with Gasteiger partial charge in [0.05, 0.1) is 10.5 Å². The zero-order valence-electron chi connectivity index (χ0n) is 14.0. The molecule has 0 spiro atoms. The molecule has 0 aromatic heterocycles. The molecular weight excluding hydrogens is 376 g/mol. The molecule has 3 N–H and O–H groups in total. The van der Waals surface area contributed by atoms with Gasteiger partial charge in [0.15, 0.2) is 18.1 Å². The molecule has 2 aromatic rings. The highest BCUT2D eigenvalue weighted by Gasteiger charge is 2.18. The highest BCUT2D eigenvalue weighted by molar-refractivity contribution is 7.89. The number of esters is 1. The lowest BCUT2D eigenvalue weighted by molar-refractivity contribution is -0.121. The van der Waals surface area contributed by atoms with Gasteiger partial charge in [-0.2, -0.15) is 0 Å². The average Bonchev–Trinajstić information content (AvgIpc) is 3.12. The summed E-state index contributed by atoms with van der Waals surface area (Å²) >= 11 is 0. The topological polar surface area (TPSA) is 134 Å². The number of nitrogens with two attached hydrogens (primary N) is 1. The Bertz CT molecular complexity index is 989. The van der Waals surface area contributed by atoms with Crippen LogP contribution in [0.15, 0.2) is 47.4 Å². The van der Waals surface area contributed by atoms with E-state index in [1.807, 2.05) is 0 Å². The Kier molecular flexibility index (Phi) is 5.28. The van der Waals surface area contributed by atoms with Crippen molar-refractivity contribution in [3.05, 3.63) is 53.6 Å². The van der Waals surface area contributed by atoms with Crippen molar-refractivity contribution in [2.24, 2.45) is 5.73 Å². The molecule has 0 saturated heterocycles. The van der Waals surface area contributed by atoms with Gasteiger partial charge in [-0.05, 0) is 35.9 Å². The lowest BCUT2D eigenvalue weighted by atomic mass is 10.2. The van der Waals surface area contributed by atoms with Gasteiger partial charge in [0.25, 0.3) is 5.91 Å². The second kappa shape index (κ2) is 7.64. The summed E-state index contributed by atoms with van der Waals surface area (Å²) in [6.45, 7) is -0.434. The summed E-state index contributed by atoms with van der Waals surface area (Å²) in [5.74, 6) is -0.506. The maximum Gasteiger partial charge on any atom is 0.338 e. The van der Waals surface area contributed by atoms with Crippen molar-refractivity contribution in [2.45, 2.75) is 11.4 Å². The van der Waals surface area contributed by atoms with Gasteiger partial charge in [-0.3, -0.25) is 4.79 Å². The van der Waals surface area contributed by atoms with Crippen LogP contribution in [-0.4, -0.2) is 33.7 Å². The Morgan fingerprint density at radius 1 is 1.11 bits per heavy atom. The van der Waals surface area contributed by atoms with Crippen LogP contribution in [0.4, 0.5) is 0 Å². The Morgan fingerprint density at radius 2 is 1.89 bits per heavy atom. The van der Waals surface area contributed by atoms with Crippen molar-refractivity contribution >= 4 is 21.9 Å². The molecule has 1 amide bonds. The smallest absolute Gasteiger partial charge is 0.338 e. The lowest BCUT2D eigenvalue weighted by Crippen LogP contribution is -2.24. The standard InChI is InChI=1S/C17H16N2O7S/c18-16(20)9-24-17(21)12-2-1-3-13(7-12)27(22,23)19-8-11-4-5-14-15(6-11)26-10-25-14/h1-7,19H,8-10H2,(H2,18,20). The van der Waals surface area contributed by atoms with Crippen LogP contribution in [0.25, 0.3) is 0 Å². The summed E-state index contributed by atoms with van der Waals surface area (Å²) in [4.78, 5) is 22.4. The van der Waals surface area contributed by atoms with Crippen molar-refractivity contribution in [3.63, 3.8) is 0 Å². The molecule has 0 unspecified atom stereocenters. The highest BCUT2D eigenvalue weighted by atomic mass is 32.2. The first-order chi connectivity index (χ1) is 12.8. The van der Waals surface area contributed by atoms with E-state index in [-0.39, 0.29) is 23.8 Å². The number of carbonyl (C=O) groups excluding carboxylic acids is 2. The molecule has 0 atom stereocenters. The summed E-state index contributed by atoms with van der Waals surface area (Å²) in [7, 11) is -3.88. The minimum Gasteiger partial charge on any atom is -0.454 e. The largest absolute Gasteiger partial charge is 0.454 e. The summed E-state index contributed by atoms with van der Waals surface area (Å²) in [5, 5.41) is 0. The summed E-state index contributed by atoms with van der Waals surface area (Å²) < 4.78 is 42.6. The van der Waals surface area contributed by atoms with Gasteiger partial charge in [0.2, 0.25) is 16.8 Å². The van der Waals surface area contributed by atoms with Crippen LogP contribution in [0.5, 0.6) is 11.5 Å². The van der Waals surface area contributed by atoms with E-state index >= 15 is 0 Å². The van der Waals surface area contributed by atoms with Crippen LogP contribution in [0.1, 0.15) is 15.9 Å². The molecule has 10 heteroatoms. The number of ether oxygens (including phenoxy) is 3. The molecule has 0 bridgehead atoms. The average molecular weight is 392 g/mol.